The first-order chi connectivity index (χ1) is 12.6. The highest BCUT2D eigenvalue weighted by Crippen LogP contribution is 2.29. The number of benzene rings is 2. The van der Waals surface area contributed by atoms with Crippen LogP contribution < -0.4 is 14.8 Å². The maximum absolute atomic E-state index is 13.1. The molecule has 0 saturated carbocycles. The molecule has 4 nitrogen and oxygen atoms in total. The van der Waals surface area contributed by atoms with Crippen LogP contribution in [0.2, 0.25) is 0 Å². The minimum Gasteiger partial charge on any atom is -0.490 e. The van der Waals surface area contributed by atoms with Gasteiger partial charge >= 0.3 is 0 Å². The lowest BCUT2D eigenvalue weighted by Gasteiger charge is -2.12. The van der Waals surface area contributed by atoms with Gasteiger partial charge in [0, 0.05) is 11.8 Å². The first-order valence-electron chi connectivity index (χ1n) is 8.76. The predicted molar refractivity (Wildman–Crippen MR) is 102 cm³/mol. The second-order valence-corrected chi connectivity index (χ2v) is 5.67. The van der Waals surface area contributed by atoms with Gasteiger partial charge in [-0.25, -0.2) is 4.39 Å². The molecule has 0 fully saturated rings. The summed E-state index contributed by atoms with van der Waals surface area (Å²) in [5, 5.41) is 2.62. The lowest BCUT2D eigenvalue weighted by molar-refractivity contribution is -0.111. The first-order valence-corrected chi connectivity index (χ1v) is 8.76. The standard InChI is InChI=1S/C21H24FNO3/c1-3-5-13-26-19-11-9-16(14-20(19)25-4-2)10-12-21(24)23-18-8-6-7-17(22)15-18/h6-12,14-15H,3-5,13H2,1-2H3,(H,23,24)/b12-10+. The van der Waals surface area contributed by atoms with Gasteiger partial charge in [-0.15, -0.1) is 0 Å². The molecule has 0 aromatic heterocycles. The van der Waals surface area contributed by atoms with Crippen molar-refractivity contribution in [2.75, 3.05) is 18.5 Å². The van der Waals surface area contributed by atoms with Crippen molar-refractivity contribution in [3.8, 4) is 11.5 Å². The van der Waals surface area contributed by atoms with Crippen molar-refractivity contribution in [3.63, 3.8) is 0 Å². The van der Waals surface area contributed by atoms with Crippen molar-refractivity contribution >= 4 is 17.7 Å². The zero-order valence-corrected chi connectivity index (χ0v) is 15.1. The molecule has 26 heavy (non-hydrogen) atoms. The Morgan fingerprint density at radius 1 is 1.12 bits per heavy atom. The van der Waals surface area contributed by atoms with Crippen molar-refractivity contribution in [1.29, 1.82) is 0 Å². The fourth-order valence-electron chi connectivity index (χ4n) is 2.26. The van der Waals surface area contributed by atoms with E-state index in [2.05, 4.69) is 12.2 Å². The third-order valence-corrected chi connectivity index (χ3v) is 3.54. The van der Waals surface area contributed by atoms with Gasteiger partial charge in [0.25, 0.3) is 0 Å². The quantitative estimate of drug-likeness (QED) is 0.504. The number of nitrogens with one attached hydrogen (secondary N) is 1. The van der Waals surface area contributed by atoms with E-state index in [1.165, 1.54) is 18.2 Å². The van der Waals surface area contributed by atoms with E-state index in [4.69, 9.17) is 9.47 Å². The van der Waals surface area contributed by atoms with Gasteiger partial charge in [0.2, 0.25) is 5.91 Å². The maximum atomic E-state index is 13.1. The molecule has 0 aliphatic carbocycles. The van der Waals surface area contributed by atoms with E-state index in [1.54, 1.807) is 18.2 Å². The summed E-state index contributed by atoms with van der Waals surface area (Å²) in [4.78, 5) is 12.0. The van der Waals surface area contributed by atoms with Crippen molar-refractivity contribution < 1.29 is 18.7 Å². The molecule has 0 aliphatic rings. The molecule has 0 heterocycles. The summed E-state index contributed by atoms with van der Waals surface area (Å²) in [5.41, 5.74) is 1.22. The Balaban J connectivity index is 2.04. The van der Waals surface area contributed by atoms with E-state index in [-0.39, 0.29) is 5.91 Å². The fraction of sp³-hybridized carbons (Fsp3) is 0.286. The van der Waals surface area contributed by atoms with Gasteiger partial charge in [0.1, 0.15) is 5.82 Å². The SMILES string of the molecule is CCCCOc1ccc(/C=C/C(=O)Nc2cccc(F)c2)cc1OCC. The van der Waals surface area contributed by atoms with Gasteiger partial charge in [0.15, 0.2) is 11.5 Å². The van der Waals surface area contributed by atoms with Crippen LogP contribution in [0.1, 0.15) is 32.3 Å². The van der Waals surface area contributed by atoms with Crippen LogP contribution >= 0.6 is 0 Å². The number of ether oxygens (including phenoxy) is 2. The van der Waals surface area contributed by atoms with Gasteiger partial charge in [0.05, 0.1) is 13.2 Å². The number of carbonyl (C=O) groups excluding carboxylic acids is 1. The summed E-state index contributed by atoms with van der Waals surface area (Å²) < 4.78 is 24.5. The summed E-state index contributed by atoms with van der Waals surface area (Å²) in [6.45, 7) is 5.18. The third kappa shape index (κ3) is 6.24. The molecule has 1 amide bonds. The molecular formula is C21H24FNO3. The summed E-state index contributed by atoms with van der Waals surface area (Å²) >= 11 is 0. The smallest absolute Gasteiger partial charge is 0.248 e. The fourth-order valence-corrected chi connectivity index (χ4v) is 2.26. The molecule has 0 radical (unpaired) electrons. The summed E-state index contributed by atoms with van der Waals surface area (Å²) in [6.07, 6.45) is 5.11. The van der Waals surface area contributed by atoms with E-state index in [0.717, 1.165) is 18.4 Å². The minimum absolute atomic E-state index is 0.336. The Morgan fingerprint density at radius 2 is 1.96 bits per heavy atom. The highest BCUT2D eigenvalue weighted by molar-refractivity contribution is 6.01. The Morgan fingerprint density at radius 3 is 2.69 bits per heavy atom. The topological polar surface area (TPSA) is 47.6 Å². The lowest BCUT2D eigenvalue weighted by atomic mass is 10.2. The molecule has 5 heteroatoms. The highest BCUT2D eigenvalue weighted by Gasteiger charge is 2.06. The zero-order valence-electron chi connectivity index (χ0n) is 15.1. The Hall–Kier alpha value is -2.82. The van der Waals surface area contributed by atoms with Crippen LogP contribution in [0.3, 0.4) is 0 Å². The molecule has 0 unspecified atom stereocenters. The third-order valence-electron chi connectivity index (χ3n) is 3.54. The monoisotopic (exact) mass is 357 g/mol. The van der Waals surface area contributed by atoms with Crippen LogP contribution in [0, 0.1) is 5.82 Å². The Kier molecular flexibility index (Phi) is 7.68. The number of carbonyl (C=O) groups is 1. The van der Waals surface area contributed by atoms with E-state index in [1.807, 2.05) is 25.1 Å². The van der Waals surface area contributed by atoms with E-state index in [0.29, 0.717) is 30.4 Å². The average Bonchev–Trinajstić information content (AvgIpc) is 2.62. The number of anilines is 1. The second kappa shape index (κ2) is 10.2. The molecular weight excluding hydrogens is 333 g/mol. The molecule has 2 rings (SSSR count). The maximum Gasteiger partial charge on any atom is 0.248 e. The van der Waals surface area contributed by atoms with E-state index in [9.17, 15) is 9.18 Å². The van der Waals surface area contributed by atoms with Crippen molar-refractivity contribution in [2.45, 2.75) is 26.7 Å². The van der Waals surface area contributed by atoms with Gasteiger partial charge in [-0.05, 0) is 55.3 Å². The van der Waals surface area contributed by atoms with Crippen LogP contribution in [0.4, 0.5) is 10.1 Å². The molecule has 1 N–H and O–H groups in total. The number of amides is 1. The highest BCUT2D eigenvalue weighted by atomic mass is 19.1. The molecule has 0 spiro atoms. The Labute approximate surface area is 153 Å². The number of unbranched alkanes of at least 4 members (excludes halogenated alkanes) is 1. The predicted octanol–water partition coefficient (Wildman–Crippen LogP) is 5.06. The largest absolute Gasteiger partial charge is 0.490 e. The molecule has 2 aromatic rings. The summed E-state index contributed by atoms with van der Waals surface area (Å²) in [6, 6.07) is 11.3. The Bertz CT molecular complexity index is 759. The average molecular weight is 357 g/mol. The number of rotatable bonds is 9. The van der Waals surface area contributed by atoms with Gasteiger partial charge < -0.3 is 14.8 Å². The van der Waals surface area contributed by atoms with Crippen LogP contribution in [0.25, 0.3) is 6.08 Å². The van der Waals surface area contributed by atoms with Crippen LogP contribution in [0.5, 0.6) is 11.5 Å². The minimum atomic E-state index is -0.396. The molecule has 0 bridgehead atoms. The van der Waals surface area contributed by atoms with Crippen LogP contribution in [0.15, 0.2) is 48.5 Å². The first kappa shape index (κ1) is 19.5. The number of halogens is 1. The second-order valence-electron chi connectivity index (χ2n) is 5.67. The molecule has 0 aliphatic heterocycles. The van der Waals surface area contributed by atoms with Crippen molar-refractivity contribution in [2.24, 2.45) is 0 Å². The molecule has 0 saturated heterocycles. The van der Waals surface area contributed by atoms with E-state index < -0.39 is 5.82 Å². The number of hydrogen-bond acceptors (Lipinski definition) is 3. The summed E-state index contributed by atoms with van der Waals surface area (Å²) in [5.74, 6) is 0.613. The number of hydrogen-bond donors (Lipinski definition) is 1. The molecule has 0 atom stereocenters. The van der Waals surface area contributed by atoms with Crippen molar-refractivity contribution in [3.05, 3.63) is 59.9 Å². The normalized spacial score (nSPS) is 10.7. The lowest BCUT2D eigenvalue weighted by Crippen LogP contribution is -2.07. The zero-order chi connectivity index (χ0) is 18.8. The van der Waals surface area contributed by atoms with Crippen molar-refractivity contribution in [1.82, 2.24) is 0 Å². The van der Waals surface area contributed by atoms with Gasteiger partial charge in [-0.2, -0.15) is 0 Å². The summed E-state index contributed by atoms with van der Waals surface area (Å²) in [7, 11) is 0. The van der Waals surface area contributed by atoms with Gasteiger partial charge in [-0.1, -0.05) is 25.5 Å². The van der Waals surface area contributed by atoms with E-state index >= 15 is 0 Å². The molecule has 2 aromatic carbocycles. The van der Waals surface area contributed by atoms with Crippen LogP contribution in [-0.4, -0.2) is 19.1 Å². The van der Waals surface area contributed by atoms with Crippen LogP contribution in [-0.2, 0) is 4.79 Å². The molecule has 138 valence electrons. The van der Waals surface area contributed by atoms with Gasteiger partial charge in [-0.3, -0.25) is 4.79 Å².